The molecule has 3 aromatic rings. The van der Waals surface area contributed by atoms with Crippen molar-refractivity contribution in [3.8, 4) is 10.7 Å². The first-order valence-corrected chi connectivity index (χ1v) is 9.69. The van der Waals surface area contributed by atoms with E-state index in [1.807, 2.05) is 17.4 Å². The van der Waals surface area contributed by atoms with E-state index in [0.29, 0.717) is 0 Å². The van der Waals surface area contributed by atoms with Crippen molar-refractivity contribution >= 4 is 30.8 Å². The Balaban J connectivity index is 1.87. The van der Waals surface area contributed by atoms with E-state index < -0.39 is 0 Å². The quantitative estimate of drug-likeness (QED) is 0.481. The number of thiophene rings is 1. The second-order valence-electron chi connectivity index (χ2n) is 4.95. The van der Waals surface area contributed by atoms with Crippen molar-refractivity contribution in [2.45, 2.75) is 12.8 Å². The van der Waals surface area contributed by atoms with Crippen molar-refractivity contribution in [1.82, 2.24) is 0 Å². The minimum absolute atomic E-state index is 0.186. The van der Waals surface area contributed by atoms with Crippen molar-refractivity contribution in [2.24, 2.45) is 0 Å². The Labute approximate surface area is 142 Å². The summed E-state index contributed by atoms with van der Waals surface area (Å²) >= 11 is 2.05. The van der Waals surface area contributed by atoms with Crippen LogP contribution < -0.4 is 4.46 Å². The van der Waals surface area contributed by atoms with Crippen molar-refractivity contribution in [2.75, 3.05) is 0 Å². The van der Waals surface area contributed by atoms with Crippen LogP contribution in [0.1, 0.15) is 21.2 Å². The van der Waals surface area contributed by atoms with Crippen LogP contribution in [0.2, 0.25) is 0 Å². The van der Waals surface area contributed by atoms with Gasteiger partial charge in [0.05, 0.1) is 0 Å². The third kappa shape index (κ3) is 3.90. The molecule has 0 spiro atoms. The molecule has 0 radical (unpaired) electrons. The van der Waals surface area contributed by atoms with Crippen LogP contribution in [0.4, 0.5) is 0 Å². The molecule has 0 bridgehead atoms. The van der Waals surface area contributed by atoms with Crippen LogP contribution >= 0.6 is 11.3 Å². The molecule has 0 N–H and O–H groups in total. The molecule has 0 aliphatic carbocycles. The van der Waals surface area contributed by atoms with Gasteiger partial charge in [-0.15, -0.1) is 0 Å². The Morgan fingerprint density at radius 2 is 1.55 bits per heavy atom. The van der Waals surface area contributed by atoms with Gasteiger partial charge in [-0.1, -0.05) is 0 Å². The van der Waals surface area contributed by atoms with Crippen LogP contribution in [-0.2, 0) is 0 Å². The van der Waals surface area contributed by atoms with Gasteiger partial charge in [0.2, 0.25) is 0 Å². The first-order chi connectivity index (χ1) is 10.8. The molecule has 2 heteroatoms. The standard InChI is InChI=1S/C20H16SSe/c1-16-12-13-20(21-16)19(17-8-4-2-5-9-17)14-15-22-18-10-6-3-7-11-18/h2-13,19H,1H3. The number of hydrogen-bond acceptors (Lipinski definition) is 1. The van der Waals surface area contributed by atoms with E-state index in [9.17, 15) is 0 Å². The molecule has 0 nitrogen and oxygen atoms in total. The van der Waals surface area contributed by atoms with Gasteiger partial charge in [0.15, 0.2) is 0 Å². The summed E-state index contributed by atoms with van der Waals surface area (Å²) in [6, 6.07) is 25.5. The van der Waals surface area contributed by atoms with Crippen molar-refractivity contribution in [1.29, 1.82) is 0 Å². The Morgan fingerprint density at radius 1 is 0.864 bits per heavy atom. The van der Waals surface area contributed by atoms with Gasteiger partial charge in [-0.25, -0.2) is 0 Å². The normalized spacial score (nSPS) is 11.5. The van der Waals surface area contributed by atoms with Gasteiger partial charge in [0, 0.05) is 0 Å². The zero-order valence-electron chi connectivity index (χ0n) is 12.3. The molecule has 1 heterocycles. The number of rotatable bonds is 3. The minimum atomic E-state index is 0.186. The van der Waals surface area contributed by atoms with Crippen molar-refractivity contribution in [3.63, 3.8) is 0 Å². The maximum atomic E-state index is 3.50. The maximum absolute atomic E-state index is 3.50. The second kappa shape index (κ2) is 7.47. The summed E-state index contributed by atoms with van der Waals surface area (Å²) < 4.78 is 1.33. The molecule has 1 unspecified atom stereocenters. The first kappa shape index (κ1) is 15.1. The summed E-state index contributed by atoms with van der Waals surface area (Å²) in [6.45, 7) is 2.15. The molecular formula is C20H16SSe. The van der Waals surface area contributed by atoms with Gasteiger partial charge in [0.1, 0.15) is 0 Å². The van der Waals surface area contributed by atoms with Crippen LogP contribution in [-0.4, -0.2) is 15.0 Å². The molecule has 0 amide bonds. The zero-order chi connectivity index (χ0) is 15.2. The molecule has 3 rings (SSSR count). The zero-order valence-corrected chi connectivity index (χ0v) is 14.9. The molecule has 0 saturated carbocycles. The summed E-state index contributed by atoms with van der Waals surface area (Å²) in [5.41, 5.74) is 1.28. The van der Waals surface area contributed by atoms with E-state index >= 15 is 0 Å². The average molecular weight is 367 g/mol. The molecule has 1 atom stereocenters. The van der Waals surface area contributed by atoms with Gasteiger partial charge in [-0.3, -0.25) is 0 Å². The summed E-state index contributed by atoms with van der Waals surface area (Å²) in [5.74, 6) is 3.69. The van der Waals surface area contributed by atoms with E-state index in [2.05, 4.69) is 84.4 Å². The van der Waals surface area contributed by atoms with E-state index in [0.717, 1.165) is 0 Å². The van der Waals surface area contributed by atoms with E-state index in [1.165, 1.54) is 19.8 Å². The van der Waals surface area contributed by atoms with Gasteiger partial charge in [0.25, 0.3) is 0 Å². The Bertz CT molecular complexity index is 779. The SMILES string of the molecule is Cc1ccc(C(C#C[Se]c2ccccc2)c2ccccc2)s1. The number of benzene rings is 2. The fourth-order valence-corrected chi connectivity index (χ4v) is 4.40. The summed E-state index contributed by atoms with van der Waals surface area (Å²) in [4.78, 5) is 6.10. The van der Waals surface area contributed by atoms with Gasteiger partial charge < -0.3 is 0 Å². The Hall–Kier alpha value is -1.78. The predicted molar refractivity (Wildman–Crippen MR) is 96.9 cm³/mol. The Kier molecular flexibility index (Phi) is 5.14. The fourth-order valence-electron chi connectivity index (χ4n) is 2.21. The first-order valence-electron chi connectivity index (χ1n) is 7.16. The van der Waals surface area contributed by atoms with Crippen LogP contribution in [0.25, 0.3) is 0 Å². The van der Waals surface area contributed by atoms with Crippen LogP contribution in [0.5, 0.6) is 0 Å². The third-order valence-electron chi connectivity index (χ3n) is 3.29. The predicted octanol–water partition coefficient (Wildman–Crippen LogP) is 4.18. The summed E-state index contributed by atoms with van der Waals surface area (Å²) in [6.07, 6.45) is 0. The van der Waals surface area contributed by atoms with Crippen LogP contribution in [0.15, 0.2) is 72.8 Å². The molecular weight excluding hydrogens is 351 g/mol. The van der Waals surface area contributed by atoms with Crippen molar-refractivity contribution < 1.29 is 0 Å². The Morgan fingerprint density at radius 3 is 2.18 bits per heavy atom. The fraction of sp³-hybridized carbons (Fsp3) is 0.100. The molecule has 108 valence electrons. The molecule has 0 aliphatic rings. The van der Waals surface area contributed by atoms with Gasteiger partial charge >= 0.3 is 142 Å². The molecule has 1 aromatic heterocycles. The van der Waals surface area contributed by atoms with Gasteiger partial charge in [-0.2, -0.15) is 0 Å². The molecule has 2 aromatic carbocycles. The number of aryl methyl sites for hydroxylation is 1. The monoisotopic (exact) mass is 368 g/mol. The van der Waals surface area contributed by atoms with E-state index in [4.69, 9.17) is 0 Å². The number of hydrogen-bond donors (Lipinski definition) is 0. The average Bonchev–Trinajstić information content (AvgIpc) is 2.99. The topological polar surface area (TPSA) is 0 Å². The van der Waals surface area contributed by atoms with E-state index in [1.54, 1.807) is 0 Å². The van der Waals surface area contributed by atoms with E-state index in [-0.39, 0.29) is 20.9 Å². The summed E-state index contributed by atoms with van der Waals surface area (Å²) in [5, 5.41) is 0. The third-order valence-corrected chi connectivity index (χ3v) is 5.89. The van der Waals surface area contributed by atoms with Crippen LogP contribution in [0.3, 0.4) is 0 Å². The molecule has 0 saturated heterocycles. The van der Waals surface area contributed by atoms with Gasteiger partial charge in [-0.05, 0) is 0 Å². The van der Waals surface area contributed by atoms with Crippen LogP contribution in [0, 0.1) is 17.7 Å². The molecule has 22 heavy (non-hydrogen) atoms. The van der Waals surface area contributed by atoms with Crippen molar-refractivity contribution in [3.05, 3.63) is 88.1 Å². The second-order valence-corrected chi connectivity index (χ2v) is 8.12. The molecule has 0 fully saturated rings. The summed E-state index contributed by atoms with van der Waals surface area (Å²) in [7, 11) is 0. The molecule has 0 aliphatic heterocycles.